The predicted molar refractivity (Wildman–Crippen MR) is 111 cm³/mol. The molecule has 1 unspecified atom stereocenters. The normalized spacial score (nSPS) is 17.3. The van der Waals surface area contributed by atoms with Gasteiger partial charge in [-0.3, -0.25) is 4.90 Å². The Hall–Kier alpha value is -1.79. The van der Waals surface area contributed by atoms with Crippen LogP contribution >= 0.6 is 23.2 Å². The smallest absolute Gasteiger partial charge is 0.126 e. The molecule has 1 aromatic carbocycles. The van der Waals surface area contributed by atoms with Crippen LogP contribution in [-0.4, -0.2) is 39.6 Å². The van der Waals surface area contributed by atoms with Gasteiger partial charge >= 0.3 is 0 Å². The van der Waals surface area contributed by atoms with Crippen LogP contribution in [-0.2, 0) is 13.0 Å². The fourth-order valence-corrected chi connectivity index (χ4v) is 4.16. The van der Waals surface area contributed by atoms with Gasteiger partial charge in [0.15, 0.2) is 0 Å². The number of aromatic amines is 1. The Bertz CT molecular complexity index is 972. The van der Waals surface area contributed by atoms with Gasteiger partial charge in [0.1, 0.15) is 5.82 Å². The van der Waals surface area contributed by atoms with E-state index in [0.717, 1.165) is 42.4 Å². The monoisotopic (exact) mass is 404 g/mol. The molecule has 0 amide bonds. The Morgan fingerprint density at radius 3 is 2.96 bits per heavy atom. The summed E-state index contributed by atoms with van der Waals surface area (Å²) in [4.78, 5) is 10.4. The molecule has 1 aliphatic rings. The fraction of sp³-hybridized carbons (Fsp3) is 0.350. The van der Waals surface area contributed by atoms with Crippen LogP contribution in [0.25, 0.3) is 10.9 Å². The van der Waals surface area contributed by atoms with Crippen LogP contribution in [0.5, 0.6) is 0 Å². The zero-order valence-corrected chi connectivity index (χ0v) is 16.6. The molecule has 0 spiro atoms. The predicted octanol–water partition coefficient (Wildman–Crippen LogP) is 4.39. The molecule has 27 heavy (non-hydrogen) atoms. The molecule has 1 atom stereocenters. The average molecular weight is 405 g/mol. The van der Waals surface area contributed by atoms with E-state index in [1.54, 1.807) is 6.07 Å². The van der Waals surface area contributed by atoms with Gasteiger partial charge in [-0.15, -0.1) is 0 Å². The van der Waals surface area contributed by atoms with E-state index < -0.39 is 0 Å². The number of H-pyrrole nitrogens is 1. The van der Waals surface area contributed by atoms with Crippen molar-refractivity contribution in [2.75, 3.05) is 25.0 Å². The minimum atomic E-state index is -0.162. The summed E-state index contributed by atoms with van der Waals surface area (Å²) < 4.78 is 0. The highest BCUT2D eigenvalue weighted by Crippen LogP contribution is 2.35. The standard InChI is InChI=1S/C20H22Cl2N4O/c1-12-20-14(15-10-13(21)2-4-17(15)25-20)6-8-26(12)9-7-23-19-5-3-16(22)18(11-27)24-19/h2-5,10,12,25,27H,6-9,11H2,1H3,(H,23,24). The van der Waals surface area contributed by atoms with Crippen molar-refractivity contribution in [1.29, 1.82) is 0 Å². The molecule has 0 fully saturated rings. The highest BCUT2D eigenvalue weighted by atomic mass is 35.5. The first-order chi connectivity index (χ1) is 13.1. The molecule has 3 aromatic rings. The highest BCUT2D eigenvalue weighted by molar-refractivity contribution is 6.31. The van der Waals surface area contributed by atoms with Crippen molar-refractivity contribution >= 4 is 39.9 Å². The molecular weight excluding hydrogens is 383 g/mol. The summed E-state index contributed by atoms with van der Waals surface area (Å²) in [6, 6.07) is 9.94. The number of hydrogen-bond acceptors (Lipinski definition) is 4. The van der Waals surface area contributed by atoms with Crippen LogP contribution in [0, 0.1) is 0 Å². The van der Waals surface area contributed by atoms with E-state index in [1.807, 2.05) is 12.1 Å². The summed E-state index contributed by atoms with van der Waals surface area (Å²) >= 11 is 12.2. The number of aliphatic hydroxyl groups excluding tert-OH is 1. The van der Waals surface area contributed by atoms with E-state index in [1.165, 1.54) is 16.6 Å². The van der Waals surface area contributed by atoms with Crippen molar-refractivity contribution in [3.05, 3.63) is 57.3 Å². The van der Waals surface area contributed by atoms with Gasteiger partial charge in [-0.2, -0.15) is 0 Å². The van der Waals surface area contributed by atoms with Crippen molar-refractivity contribution in [2.24, 2.45) is 0 Å². The molecular formula is C20H22Cl2N4O. The number of fused-ring (bicyclic) bond motifs is 3. The molecule has 3 N–H and O–H groups in total. The van der Waals surface area contributed by atoms with Crippen LogP contribution in [0.1, 0.15) is 29.9 Å². The maximum absolute atomic E-state index is 9.28. The molecule has 0 aliphatic carbocycles. The molecule has 3 heterocycles. The second-order valence-corrected chi connectivity index (χ2v) is 7.72. The Labute approximate surface area is 168 Å². The van der Waals surface area contributed by atoms with E-state index in [4.69, 9.17) is 23.2 Å². The number of nitrogens with one attached hydrogen (secondary N) is 2. The molecule has 7 heteroatoms. The number of hydrogen-bond donors (Lipinski definition) is 3. The summed E-state index contributed by atoms with van der Waals surface area (Å²) in [5.74, 6) is 0.731. The number of halogens is 2. The number of rotatable bonds is 5. The minimum absolute atomic E-state index is 0.162. The van der Waals surface area contributed by atoms with Gasteiger partial charge < -0.3 is 15.4 Å². The van der Waals surface area contributed by atoms with E-state index in [-0.39, 0.29) is 6.61 Å². The molecule has 2 aromatic heterocycles. The van der Waals surface area contributed by atoms with Crippen LogP contribution in [0.3, 0.4) is 0 Å². The summed E-state index contributed by atoms with van der Waals surface area (Å²) in [6.07, 6.45) is 1.01. The third-order valence-corrected chi connectivity index (χ3v) is 5.87. The summed E-state index contributed by atoms with van der Waals surface area (Å²) in [5.41, 5.74) is 4.31. The number of nitrogens with zero attached hydrogens (tertiary/aromatic N) is 2. The van der Waals surface area contributed by atoms with Gasteiger partial charge in [0.25, 0.3) is 0 Å². The number of benzene rings is 1. The topological polar surface area (TPSA) is 64.2 Å². The van der Waals surface area contributed by atoms with Crippen molar-refractivity contribution in [3.63, 3.8) is 0 Å². The lowest BCUT2D eigenvalue weighted by Gasteiger charge is -2.33. The van der Waals surface area contributed by atoms with Crippen molar-refractivity contribution < 1.29 is 5.11 Å². The lowest BCUT2D eigenvalue weighted by atomic mass is 9.98. The Morgan fingerprint density at radius 2 is 2.15 bits per heavy atom. The van der Waals surface area contributed by atoms with Gasteiger partial charge in [-0.05, 0) is 49.2 Å². The second-order valence-electron chi connectivity index (χ2n) is 6.88. The number of pyridine rings is 1. The van der Waals surface area contributed by atoms with Crippen molar-refractivity contribution in [2.45, 2.75) is 26.0 Å². The Morgan fingerprint density at radius 1 is 1.30 bits per heavy atom. The van der Waals surface area contributed by atoms with Crippen LogP contribution in [0.4, 0.5) is 5.82 Å². The summed E-state index contributed by atoms with van der Waals surface area (Å²) in [6.45, 7) is 4.75. The van der Waals surface area contributed by atoms with E-state index in [0.29, 0.717) is 16.8 Å². The third-order valence-electron chi connectivity index (χ3n) is 5.29. The van der Waals surface area contributed by atoms with Crippen LogP contribution in [0.2, 0.25) is 10.0 Å². The van der Waals surface area contributed by atoms with E-state index in [9.17, 15) is 5.11 Å². The van der Waals surface area contributed by atoms with Gasteiger partial charge in [0, 0.05) is 47.3 Å². The molecule has 142 valence electrons. The number of aliphatic hydroxyl groups is 1. The highest BCUT2D eigenvalue weighted by Gasteiger charge is 2.26. The Kier molecular flexibility index (Phi) is 5.28. The first kappa shape index (κ1) is 18.6. The largest absolute Gasteiger partial charge is 0.390 e. The van der Waals surface area contributed by atoms with E-state index in [2.05, 4.69) is 39.2 Å². The zero-order valence-electron chi connectivity index (χ0n) is 15.1. The van der Waals surface area contributed by atoms with Gasteiger partial charge in [-0.25, -0.2) is 4.98 Å². The lowest BCUT2D eigenvalue weighted by Crippen LogP contribution is -2.37. The van der Waals surface area contributed by atoms with Crippen LogP contribution in [0.15, 0.2) is 30.3 Å². The second kappa shape index (κ2) is 7.68. The number of aromatic nitrogens is 2. The van der Waals surface area contributed by atoms with Gasteiger partial charge in [0.2, 0.25) is 0 Å². The molecule has 0 saturated carbocycles. The van der Waals surface area contributed by atoms with Gasteiger partial charge in [-0.1, -0.05) is 23.2 Å². The van der Waals surface area contributed by atoms with Gasteiger partial charge in [0.05, 0.1) is 17.3 Å². The summed E-state index contributed by atoms with van der Waals surface area (Å²) in [7, 11) is 0. The molecule has 0 bridgehead atoms. The maximum Gasteiger partial charge on any atom is 0.126 e. The van der Waals surface area contributed by atoms with Crippen LogP contribution < -0.4 is 5.32 Å². The first-order valence-electron chi connectivity index (χ1n) is 9.11. The molecule has 4 rings (SSSR count). The molecule has 5 nitrogen and oxygen atoms in total. The lowest BCUT2D eigenvalue weighted by molar-refractivity contribution is 0.204. The van der Waals surface area contributed by atoms with Crippen molar-refractivity contribution in [1.82, 2.24) is 14.9 Å². The minimum Gasteiger partial charge on any atom is -0.390 e. The summed E-state index contributed by atoms with van der Waals surface area (Å²) in [5, 5.41) is 15.1. The Balaban J connectivity index is 1.43. The maximum atomic E-state index is 9.28. The molecule has 0 radical (unpaired) electrons. The molecule has 1 aliphatic heterocycles. The quantitative estimate of drug-likeness (QED) is 0.589. The number of anilines is 1. The van der Waals surface area contributed by atoms with Crippen molar-refractivity contribution in [3.8, 4) is 0 Å². The molecule has 0 saturated heterocycles. The fourth-order valence-electron chi connectivity index (χ4n) is 3.83. The van der Waals surface area contributed by atoms with E-state index >= 15 is 0 Å². The SMILES string of the molecule is CC1c2[nH]c3ccc(Cl)cc3c2CCN1CCNc1ccc(Cl)c(CO)n1. The zero-order chi connectivity index (χ0) is 19.0. The average Bonchev–Trinajstić information content (AvgIpc) is 3.03. The third kappa shape index (κ3) is 3.65. The first-order valence-corrected chi connectivity index (χ1v) is 9.86.